The second-order valence-electron chi connectivity index (χ2n) is 4.89. The predicted molar refractivity (Wildman–Crippen MR) is 83.8 cm³/mol. The van der Waals surface area contributed by atoms with Crippen molar-refractivity contribution >= 4 is 25.5 Å². The highest BCUT2D eigenvalue weighted by atomic mass is 32.2. The fourth-order valence-electron chi connectivity index (χ4n) is 1.70. The topological polar surface area (TPSA) is 92.3 Å². The van der Waals surface area contributed by atoms with Gasteiger partial charge in [-0.05, 0) is 38.5 Å². The van der Waals surface area contributed by atoms with Gasteiger partial charge in [0.05, 0.1) is 10.6 Å². The fraction of sp³-hybridized carbons (Fsp3) is 0.538. The third kappa shape index (κ3) is 4.69. The zero-order valence-electron chi connectivity index (χ0n) is 12.7. The highest BCUT2D eigenvalue weighted by Gasteiger charge is 2.22. The van der Waals surface area contributed by atoms with E-state index in [1.807, 2.05) is 13.8 Å². The molecule has 1 rings (SSSR count). The van der Waals surface area contributed by atoms with Crippen LogP contribution in [0.25, 0.3) is 0 Å². The molecule has 1 atom stereocenters. The standard InChI is InChI=1S/C13H22N2O4S2/c1-5-10(3)15-21(18,19)13-9-11(20(4,16)17)7-8-12(13)14-6-2/h7-10,14-15H,5-6H2,1-4H3. The second-order valence-corrected chi connectivity index (χ2v) is 8.59. The average Bonchev–Trinajstić information content (AvgIpc) is 2.37. The molecule has 120 valence electrons. The zero-order chi connectivity index (χ0) is 16.3. The van der Waals surface area contributed by atoms with Crippen LogP contribution in [0.15, 0.2) is 28.0 Å². The normalized spacial score (nSPS) is 13.9. The number of benzene rings is 1. The molecule has 0 amide bonds. The summed E-state index contributed by atoms with van der Waals surface area (Å²) in [6, 6.07) is 3.84. The van der Waals surface area contributed by atoms with Crippen LogP contribution < -0.4 is 10.0 Å². The van der Waals surface area contributed by atoms with Crippen LogP contribution in [-0.2, 0) is 19.9 Å². The molecule has 2 N–H and O–H groups in total. The van der Waals surface area contributed by atoms with E-state index in [2.05, 4.69) is 10.0 Å². The maximum Gasteiger partial charge on any atom is 0.242 e. The van der Waals surface area contributed by atoms with Crippen LogP contribution in [0.1, 0.15) is 27.2 Å². The molecular formula is C13H22N2O4S2. The minimum absolute atomic E-state index is 0.0197. The smallest absolute Gasteiger partial charge is 0.242 e. The van der Waals surface area contributed by atoms with E-state index >= 15 is 0 Å². The molecule has 0 radical (unpaired) electrons. The van der Waals surface area contributed by atoms with Gasteiger partial charge in [0.15, 0.2) is 9.84 Å². The third-order valence-electron chi connectivity index (χ3n) is 3.01. The van der Waals surface area contributed by atoms with Gasteiger partial charge in [-0.3, -0.25) is 0 Å². The molecule has 21 heavy (non-hydrogen) atoms. The first-order chi connectivity index (χ1) is 9.61. The molecule has 0 aromatic heterocycles. The Morgan fingerprint density at radius 3 is 2.24 bits per heavy atom. The van der Waals surface area contributed by atoms with E-state index in [1.54, 1.807) is 6.92 Å². The van der Waals surface area contributed by atoms with Crippen molar-refractivity contribution in [2.24, 2.45) is 0 Å². The Labute approximate surface area is 126 Å². The first-order valence-electron chi connectivity index (χ1n) is 6.72. The van der Waals surface area contributed by atoms with E-state index < -0.39 is 19.9 Å². The lowest BCUT2D eigenvalue weighted by molar-refractivity contribution is 0.556. The van der Waals surface area contributed by atoms with Gasteiger partial charge in [-0.15, -0.1) is 0 Å². The molecule has 0 aliphatic carbocycles. The molecule has 0 fully saturated rings. The Bertz CT molecular complexity index is 697. The number of sulfone groups is 1. The van der Waals surface area contributed by atoms with E-state index in [0.717, 1.165) is 6.26 Å². The summed E-state index contributed by atoms with van der Waals surface area (Å²) in [6.07, 6.45) is 1.69. The van der Waals surface area contributed by atoms with Gasteiger partial charge in [0.1, 0.15) is 4.90 Å². The van der Waals surface area contributed by atoms with Gasteiger partial charge in [0.2, 0.25) is 10.0 Å². The number of anilines is 1. The Hall–Kier alpha value is -1.12. The summed E-state index contributed by atoms with van der Waals surface area (Å²) in [6.45, 7) is 5.99. The van der Waals surface area contributed by atoms with Gasteiger partial charge < -0.3 is 5.32 Å². The summed E-state index contributed by atoms with van der Waals surface area (Å²) in [5, 5.41) is 2.94. The highest BCUT2D eigenvalue weighted by Crippen LogP contribution is 2.25. The zero-order valence-corrected chi connectivity index (χ0v) is 14.3. The Balaban J connectivity index is 3.42. The van der Waals surface area contributed by atoms with E-state index in [9.17, 15) is 16.8 Å². The van der Waals surface area contributed by atoms with Crippen molar-refractivity contribution in [3.8, 4) is 0 Å². The second kappa shape index (κ2) is 6.76. The van der Waals surface area contributed by atoms with E-state index in [1.165, 1.54) is 18.2 Å². The Kier molecular flexibility index (Phi) is 5.77. The maximum atomic E-state index is 12.4. The Morgan fingerprint density at radius 1 is 1.14 bits per heavy atom. The van der Waals surface area contributed by atoms with Crippen LogP contribution in [0.2, 0.25) is 0 Å². The van der Waals surface area contributed by atoms with Gasteiger partial charge in [-0.1, -0.05) is 6.92 Å². The molecule has 0 aliphatic heterocycles. The van der Waals surface area contributed by atoms with Gasteiger partial charge >= 0.3 is 0 Å². The summed E-state index contributed by atoms with van der Waals surface area (Å²) >= 11 is 0. The van der Waals surface area contributed by atoms with Crippen molar-refractivity contribution in [2.45, 2.75) is 43.0 Å². The number of hydrogen-bond acceptors (Lipinski definition) is 5. The van der Waals surface area contributed by atoms with Crippen molar-refractivity contribution in [1.29, 1.82) is 0 Å². The van der Waals surface area contributed by atoms with Crippen LogP contribution in [0.4, 0.5) is 5.69 Å². The molecular weight excluding hydrogens is 312 g/mol. The monoisotopic (exact) mass is 334 g/mol. The molecule has 1 aromatic rings. The third-order valence-corrected chi connectivity index (χ3v) is 5.75. The fourth-order valence-corrected chi connectivity index (χ4v) is 3.96. The molecule has 6 nitrogen and oxygen atoms in total. The van der Waals surface area contributed by atoms with Crippen LogP contribution in [-0.4, -0.2) is 35.7 Å². The van der Waals surface area contributed by atoms with Crippen molar-refractivity contribution in [3.05, 3.63) is 18.2 Å². The van der Waals surface area contributed by atoms with Crippen molar-refractivity contribution in [2.75, 3.05) is 18.1 Å². The first kappa shape index (κ1) is 17.9. The van der Waals surface area contributed by atoms with Crippen LogP contribution >= 0.6 is 0 Å². The number of sulfonamides is 1. The molecule has 1 unspecified atom stereocenters. The van der Waals surface area contributed by atoms with Gasteiger partial charge in [-0.2, -0.15) is 0 Å². The molecule has 0 saturated carbocycles. The summed E-state index contributed by atoms with van der Waals surface area (Å²) in [5.74, 6) is 0. The largest absolute Gasteiger partial charge is 0.384 e. The molecule has 0 heterocycles. The van der Waals surface area contributed by atoms with Gasteiger partial charge in [-0.25, -0.2) is 21.6 Å². The lowest BCUT2D eigenvalue weighted by Gasteiger charge is -2.16. The SMILES string of the molecule is CCNc1ccc(S(C)(=O)=O)cc1S(=O)(=O)NC(C)CC. The lowest BCUT2D eigenvalue weighted by Crippen LogP contribution is -2.32. The van der Waals surface area contributed by atoms with Gasteiger partial charge in [0, 0.05) is 18.8 Å². The number of rotatable bonds is 7. The quantitative estimate of drug-likeness (QED) is 0.790. The maximum absolute atomic E-state index is 12.4. The molecule has 0 saturated heterocycles. The number of nitrogens with one attached hydrogen (secondary N) is 2. The van der Waals surface area contributed by atoms with E-state index in [0.29, 0.717) is 18.7 Å². The highest BCUT2D eigenvalue weighted by molar-refractivity contribution is 7.91. The lowest BCUT2D eigenvalue weighted by atomic mass is 10.3. The number of hydrogen-bond donors (Lipinski definition) is 2. The minimum Gasteiger partial charge on any atom is -0.384 e. The first-order valence-corrected chi connectivity index (χ1v) is 10.1. The van der Waals surface area contributed by atoms with E-state index in [4.69, 9.17) is 0 Å². The van der Waals surface area contributed by atoms with Crippen molar-refractivity contribution in [1.82, 2.24) is 4.72 Å². The van der Waals surface area contributed by atoms with Crippen molar-refractivity contribution < 1.29 is 16.8 Å². The summed E-state index contributed by atoms with van der Waals surface area (Å²) in [7, 11) is -7.26. The van der Waals surface area contributed by atoms with Crippen molar-refractivity contribution in [3.63, 3.8) is 0 Å². The van der Waals surface area contributed by atoms with Crippen LogP contribution in [0.5, 0.6) is 0 Å². The van der Waals surface area contributed by atoms with Crippen LogP contribution in [0, 0.1) is 0 Å². The van der Waals surface area contributed by atoms with E-state index in [-0.39, 0.29) is 15.8 Å². The summed E-state index contributed by atoms with van der Waals surface area (Å²) in [5.41, 5.74) is 0.390. The molecule has 1 aromatic carbocycles. The summed E-state index contributed by atoms with van der Waals surface area (Å²) < 4.78 is 50.6. The molecule has 0 aliphatic rings. The molecule has 0 spiro atoms. The van der Waals surface area contributed by atoms with Gasteiger partial charge in [0.25, 0.3) is 0 Å². The molecule has 8 heteroatoms. The Morgan fingerprint density at radius 2 is 1.76 bits per heavy atom. The van der Waals surface area contributed by atoms with Crippen LogP contribution in [0.3, 0.4) is 0 Å². The minimum atomic E-state index is -3.78. The predicted octanol–water partition coefficient (Wildman–Crippen LogP) is 1.60. The summed E-state index contributed by atoms with van der Waals surface area (Å²) in [4.78, 5) is -0.0683. The molecule has 0 bridgehead atoms. The average molecular weight is 334 g/mol.